The lowest BCUT2D eigenvalue weighted by atomic mass is 9.65. The fraction of sp³-hybridized carbons (Fsp3) is 0.727. The largest absolute Gasteiger partial charge is 0.481 e. The SMILES string of the molecule is O=C(O)CC12C(=O)NC(=O)C1[C@@H]1CCC2C1. The van der Waals surface area contributed by atoms with Crippen LogP contribution in [0.4, 0.5) is 0 Å². The summed E-state index contributed by atoms with van der Waals surface area (Å²) in [6.45, 7) is 0. The standard InChI is InChI=1S/C11H13NO4/c13-7(14)4-11-6-2-1-5(3-6)8(11)9(15)12-10(11)16/h5-6,8H,1-4H2,(H,13,14)(H,12,15,16)/t5-,6?,8?,11?/m1/s1. The van der Waals surface area contributed by atoms with Crippen LogP contribution in [0.2, 0.25) is 0 Å². The van der Waals surface area contributed by atoms with Gasteiger partial charge >= 0.3 is 5.97 Å². The van der Waals surface area contributed by atoms with E-state index in [0.29, 0.717) is 0 Å². The Morgan fingerprint density at radius 3 is 2.88 bits per heavy atom. The van der Waals surface area contributed by atoms with E-state index in [1.807, 2.05) is 0 Å². The van der Waals surface area contributed by atoms with Crippen molar-refractivity contribution in [1.82, 2.24) is 5.32 Å². The molecule has 0 radical (unpaired) electrons. The lowest BCUT2D eigenvalue weighted by Gasteiger charge is -2.33. The number of fused-ring (bicyclic) bond motifs is 5. The van der Waals surface area contributed by atoms with Crippen molar-refractivity contribution in [2.45, 2.75) is 25.7 Å². The Morgan fingerprint density at radius 1 is 1.44 bits per heavy atom. The minimum atomic E-state index is -0.984. The smallest absolute Gasteiger partial charge is 0.304 e. The van der Waals surface area contributed by atoms with E-state index in [2.05, 4.69) is 5.32 Å². The minimum absolute atomic E-state index is 0.0880. The van der Waals surface area contributed by atoms with E-state index >= 15 is 0 Å². The van der Waals surface area contributed by atoms with Gasteiger partial charge in [-0.15, -0.1) is 0 Å². The molecule has 2 bridgehead atoms. The van der Waals surface area contributed by atoms with Crippen molar-refractivity contribution in [1.29, 1.82) is 0 Å². The summed E-state index contributed by atoms with van der Waals surface area (Å²) in [6.07, 6.45) is 2.49. The van der Waals surface area contributed by atoms with E-state index in [1.54, 1.807) is 0 Å². The highest BCUT2D eigenvalue weighted by Crippen LogP contribution is 2.63. The summed E-state index contributed by atoms with van der Waals surface area (Å²) in [6, 6.07) is 0. The molecule has 0 aromatic rings. The van der Waals surface area contributed by atoms with Crippen LogP contribution in [0.25, 0.3) is 0 Å². The van der Waals surface area contributed by atoms with Crippen LogP contribution in [0.3, 0.4) is 0 Å². The van der Waals surface area contributed by atoms with Gasteiger partial charge in [0.05, 0.1) is 17.8 Å². The molecule has 1 aliphatic heterocycles. The predicted octanol–water partition coefficient (Wildman–Crippen LogP) is 0.150. The molecule has 1 saturated heterocycles. The normalized spacial score (nSPS) is 44.6. The fourth-order valence-electron chi connectivity index (χ4n) is 4.13. The van der Waals surface area contributed by atoms with Crippen molar-refractivity contribution in [2.75, 3.05) is 0 Å². The number of hydrogen-bond donors (Lipinski definition) is 2. The Hall–Kier alpha value is -1.39. The second kappa shape index (κ2) is 2.84. The number of carboxylic acids is 1. The second-order valence-electron chi connectivity index (χ2n) is 5.18. The Morgan fingerprint density at radius 2 is 2.19 bits per heavy atom. The molecule has 0 spiro atoms. The molecule has 86 valence electrons. The zero-order valence-electron chi connectivity index (χ0n) is 8.73. The van der Waals surface area contributed by atoms with Crippen molar-refractivity contribution in [3.63, 3.8) is 0 Å². The first-order valence-electron chi connectivity index (χ1n) is 5.63. The molecule has 2 amide bonds. The first-order valence-corrected chi connectivity index (χ1v) is 5.63. The molecule has 16 heavy (non-hydrogen) atoms. The fourth-order valence-corrected chi connectivity index (χ4v) is 4.13. The third kappa shape index (κ3) is 0.936. The van der Waals surface area contributed by atoms with Crippen molar-refractivity contribution in [2.24, 2.45) is 23.2 Å². The summed E-state index contributed by atoms with van der Waals surface area (Å²) >= 11 is 0. The van der Waals surface area contributed by atoms with Gasteiger partial charge in [-0.1, -0.05) is 0 Å². The van der Waals surface area contributed by atoms with Gasteiger partial charge < -0.3 is 5.11 Å². The van der Waals surface area contributed by atoms with Gasteiger partial charge in [-0.2, -0.15) is 0 Å². The summed E-state index contributed by atoms with van der Waals surface area (Å²) in [4.78, 5) is 34.6. The molecule has 3 unspecified atom stereocenters. The average molecular weight is 223 g/mol. The van der Waals surface area contributed by atoms with E-state index in [-0.39, 0.29) is 36.0 Å². The molecule has 3 rings (SSSR count). The van der Waals surface area contributed by atoms with Crippen molar-refractivity contribution in [3.05, 3.63) is 0 Å². The van der Waals surface area contributed by atoms with Crippen molar-refractivity contribution < 1.29 is 19.5 Å². The van der Waals surface area contributed by atoms with Crippen LogP contribution in [-0.2, 0) is 14.4 Å². The van der Waals surface area contributed by atoms with Crippen LogP contribution in [0.5, 0.6) is 0 Å². The van der Waals surface area contributed by atoms with Crippen molar-refractivity contribution >= 4 is 17.8 Å². The van der Waals surface area contributed by atoms with Gasteiger partial charge in [0, 0.05) is 0 Å². The van der Waals surface area contributed by atoms with Gasteiger partial charge in [-0.3, -0.25) is 19.7 Å². The van der Waals surface area contributed by atoms with Gasteiger partial charge in [0.1, 0.15) is 0 Å². The number of imide groups is 1. The number of carbonyl (C=O) groups excluding carboxylic acids is 2. The number of carbonyl (C=O) groups is 3. The number of hydrogen-bond acceptors (Lipinski definition) is 3. The van der Waals surface area contributed by atoms with E-state index < -0.39 is 11.4 Å². The molecule has 3 aliphatic rings. The second-order valence-corrected chi connectivity index (χ2v) is 5.18. The molecule has 4 atom stereocenters. The van der Waals surface area contributed by atoms with Crippen LogP contribution < -0.4 is 5.32 Å². The summed E-state index contributed by atoms with van der Waals surface area (Å²) in [5, 5.41) is 11.3. The molecular formula is C11H13NO4. The molecule has 5 nitrogen and oxygen atoms in total. The van der Waals surface area contributed by atoms with Gasteiger partial charge in [0.25, 0.3) is 0 Å². The zero-order chi connectivity index (χ0) is 11.5. The molecule has 2 N–H and O–H groups in total. The van der Waals surface area contributed by atoms with Crippen LogP contribution in [-0.4, -0.2) is 22.9 Å². The van der Waals surface area contributed by atoms with E-state index in [0.717, 1.165) is 19.3 Å². The molecule has 2 aliphatic carbocycles. The maximum absolute atomic E-state index is 11.9. The lowest BCUT2D eigenvalue weighted by molar-refractivity contribution is -0.147. The van der Waals surface area contributed by atoms with E-state index in [4.69, 9.17) is 5.11 Å². The van der Waals surface area contributed by atoms with Crippen LogP contribution in [0.1, 0.15) is 25.7 Å². The number of carboxylic acid groups (broad SMARTS) is 1. The van der Waals surface area contributed by atoms with E-state index in [1.165, 1.54) is 0 Å². The summed E-state index contributed by atoms with van der Waals surface area (Å²) in [5.41, 5.74) is -0.925. The number of nitrogens with one attached hydrogen (secondary N) is 1. The third-order valence-corrected chi connectivity index (χ3v) is 4.61. The lowest BCUT2D eigenvalue weighted by Crippen LogP contribution is -2.42. The van der Waals surface area contributed by atoms with Crippen molar-refractivity contribution in [3.8, 4) is 0 Å². The quantitative estimate of drug-likeness (QED) is 0.653. The summed E-state index contributed by atoms with van der Waals surface area (Å²) in [5.74, 6) is -1.66. The van der Waals surface area contributed by atoms with E-state index in [9.17, 15) is 14.4 Å². The third-order valence-electron chi connectivity index (χ3n) is 4.61. The van der Waals surface area contributed by atoms with Crippen LogP contribution in [0, 0.1) is 23.2 Å². The highest BCUT2D eigenvalue weighted by atomic mass is 16.4. The van der Waals surface area contributed by atoms with Crippen LogP contribution >= 0.6 is 0 Å². The van der Waals surface area contributed by atoms with Gasteiger partial charge in [-0.05, 0) is 31.1 Å². The first kappa shape index (κ1) is 9.81. The first-order chi connectivity index (χ1) is 7.55. The highest BCUT2D eigenvalue weighted by Gasteiger charge is 2.68. The molecule has 3 fully saturated rings. The Kier molecular flexibility index (Phi) is 1.74. The minimum Gasteiger partial charge on any atom is -0.481 e. The number of rotatable bonds is 2. The predicted molar refractivity (Wildman–Crippen MR) is 52.2 cm³/mol. The van der Waals surface area contributed by atoms with Crippen LogP contribution in [0.15, 0.2) is 0 Å². The molecule has 2 saturated carbocycles. The Balaban J connectivity index is 2.07. The monoisotopic (exact) mass is 223 g/mol. The Bertz CT molecular complexity index is 405. The summed E-state index contributed by atoms with van der Waals surface area (Å²) in [7, 11) is 0. The highest BCUT2D eigenvalue weighted by molar-refractivity contribution is 6.09. The molecule has 0 aromatic heterocycles. The number of amides is 2. The summed E-state index contributed by atoms with van der Waals surface area (Å²) < 4.78 is 0. The Labute approximate surface area is 92.2 Å². The molecule has 1 heterocycles. The zero-order valence-corrected chi connectivity index (χ0v) is 8.73. The number of aliphatic carboxylic acids is 1. The molecule has 5 heteroatoms. The molecule has 0 aromatic carbocycles. The van der Waals surface area contributed by atoms with Gasteiger partial charge in [0.2, 0.25) is 11.8 Å². The maximum Gasteiger partial charge on any atom is 0.304 e. The average Bonchev–Trinajstić information content (AvgIpc) is 2.79. The maximum atomic E-state index is 11.9. The van der Waals surface area contributed by atoms with Gasteiger partial charge in [0.15, 0.2) is 0 Å². The topological polar surface area (TPSA) is 83.5 Å². The van der Waals surface area contributed by atoms with Gasteiger partial charge in [-0.25, -0.2) is 0 Å². The molecular weight excluding hydrogens is 210 g/mol.